The molecule has 2 aromatic heterocycles. The van der Waals surface area contributed by atoms with Crippen molar-refractivity contribution in [3.63, 3.8) is 0 Å². The fraction of sp³-hybridized carbons (Fsp3) is 0.167. The first-order valence-electron chi connectivity index (χ1n) is 10.2. The molecule has 4 aromatic rings. The van der Waals surface area contributed by atoms with Crippen molar-refractivity contribution in [2.24, 2.45) is 0 Å². The van der Waals surface area contributed by atoms with Crippen LogP contribution < -0.4 is 4.74 Å². The van der Waals surface area contributed by atoms with Crippen molar-refractivity contribution in [1.29, 1.82) is 0 Å². The second-order valence-corrected chi connectivity index (χ2v) is 7.42. The van der Waals surface area contributed by atoms with E-state index in [9.17, 15) is 4.79 Å². The summed E-state index contributed by atoms with van der Waals surface area (Å²) in [6.45, 7) is 4.86. The number of rotatable bonds is 5. The van der Waals surface area contributed by atoms with Crippen molar-refractivity contribution in [2.45, 2.75) is 12.5 Å². The van der Waals surface area contributed by atoms with Gasteiger partial charge < -0.3 is 9.64 Å². The van der Waals surface area contributed by atoms with Gasteiger partial charge in [-0.3, -0.25) is 4.79 Å². The van der Waals surface area contributed by atoms with E-state index in [0.717, 1.165) is 40.2 Å². The molecule has 0 unspecified atom stereocenters. The second-order valence-electron chi connectivity index (χ2n) is 7.42. The van der Waals surface area contributed by atoms with E-state index in [2.05, 4.69) is 16.5 Å². The van der Waals surface area contributed by atoms with E-state index in [1.807, 2.05) is 59.3 Å². The number of para-hydroxylation sites is 1. The average Bonchev–Trinajstić information content (AvgIpc) is 3.45. The number of fused-ring (bicyclic) bond motifs is 1. The SMILES string of the molecule is C=CC(=O)N1CC[C@H](n2nc(-c3ccc(Oc4ccccc4)cc3)c3cncnc32)C1. The van der Waals surface area contributed by atoms with Crippen LogP contribution in [0.25, 0.3) is 22.3 Å². The highest BCUT2D eigenvalue weighted by Gasteiger charge is 2.29. The first-order valence-corrected chi connectivity index (χ1v) is 10.2. The summed E-state index contributed by atoms with van der Waals surface area (Å²) in [5.74, 6) is 1.49. The van der Waals surface area contributed by atoms with Crippen LogP contribution in [-0.2, 0) is 4.79 Å². The largest absolute Gasteiger partial charge is 0.457 e. The van der Waals surface area contributed by atoms with E-state index in [1.165, 1.54) is 12.4 Å². The lowest BCUT2D eigenvalue weighted by molar-refractivity contribution is -0.125. The van der Waals surface area contributed by atoms with Crippen molar-refractivity contribution < 1.29 is 9.53 Å². The molecule has 0 N–H and O–H groups in total. The third-order valence-corrected chi connectivity index (χ3v) is 5.47. The Morgan fingerprint density at radius 3 is 2.65 bits per heavy atom. The molecule has 154 valence electrons. The summed E-state index contributed by atoms with van der Waals surface area (Å²) in [6.07, 6.45) is 5.50. The minimum atomic E-state index is -0.0529. The summed E-state index contributed by atoms with van der Waals surface area (Å²) >= 11 is 0. The van der Waals surface area contributed by atoms with E-state index in [0.29, 0.717) is 13.1 Å². The van der Waals surface area contributed by atoms with Crippen LogP contribution in [0.3, 0.4) is 0 Å². The molecule has 0 bridgehead atoms. The number of carbonyl (C=O) groups is 1. The molecule has 3 heterocycles. The van der Waals surface area contributed by atoms with E-state index in [1.54, 1.807) is 11.1 Å². The molecule has 0 radical (unpaired) electrons. The Morgan fingerprint density at radius 2 is 1.87 bits per heavy atom. The fourth-order valence-corrected chi connectivity index (χ4v) is 3.93. The molecular formula is C24H21N5O2. The third-order valence-electron chi connectivity index (χ3n) is 5.47. The van der Waals surface area contributed by atoms with Crippen LogP contribution in [0, 0.1) is 0 Å². The Hall–Kier alpha value is -4.00. The zero-order valence-electron chi connectivity index (χ0n) is 16.9. The zero-order valence-corrected chi connectivity index (χ0v) is 16.9. The quantitative estimate of drug-likeness (QED) is 0.459. The summed E-state index contributed by atoms with van der Waals surface area (Å²) in [4.78, 5) is 22.5. The van der Waals surface area contributed by atoms with E-state index >= 15 is 0 Å². The van der Waals surface area contributed by atoms with Crippen LogP contribution in [0.5, 0.6) is 11.5 Å². The van der Waals surface area contributed by atoms with Crippen LogP contribution in [0.2, 0.25) is 0 Å². The Labute approximate surface area is 179 Å². The molecular weight excluding hydrogens is 390 g/mol. The summed E-state index contributed by atoms with van der Waals surface area (Å²) < 4.78 is 7.82. The molecule has 5 rings (SSSR count). The molecule has 0 aliphatic carbocycles. The fourth-order valence-electron chi connectivity index (χ4n) is 3.93. The number of aromatic nitrogens is 4. The van der Waals surface area contributed by atoms with Gasteiger partial charge in [0.1, 0.15) is 23.5 Å². The second kappa shape index (κ2) is 8.02. The minimum absolute atomic E-state index is 0.0529. The topological polar surface area (TPSA) is 73.1 Å². The lowest BCUT2D eigenvalue weighted by atomic mass is 10.1. The number of ether oxygens (including phenoxy) is 1. The van der Waals surface area contributed by atoms with Gasteiger partial charge in [0.25, 0.3) is 0 Å². The molecule has 7 heteroatoms. The van der Waals surface area contributed by atoms with Crippen LogP contribution in [-0.4, -0.2) is 43.6 Å². The van der Waals surface area contributed by atoms with E-state index < -0.39 is 0 Å². The van der Waals surface area contributed by atoms with Crippen molar-refractivity contribution in [3.8, 4) is 22.8 Å². The summed E-state index contributed by atoms with van der Waals surface area (Å²) in [5.41, 5.74) is 2.54. The Kier molecular flexibility index (Phi) is 4.92. The van der Waals surface area contributed by atoms with Gasteiger partial charge in [-0.1, -0.05) is 24.8 Å². The molecule has 31 heavy (non-hydrogen) atoms. The maximum Gasteiger partial charge on any atom is 0.246 e. The number of hydrogen-bond acceptors (Lipinski definition) is 5. The molecule has 1 aliphatic rings. The van der Waals surface area contributed by atoms with Crippen LogP contribution >= 0.6 is 0 Å². The number of carbonyl (C=O) groups excluding carboxylic acids is 1. The predicted molar refractivity (Wildman–Crippen MR) is 118 cm³/mol. The summed E-state index contributed by atoms with van der Waals surface area (Å²) in [7, 11) is 0. The maximum absolute atomic E-state index is 12.0. The highest BCUT2D eigenvalue weighted by atomic mass is 16.5. The highest BCUT2D eigenvalue weighted by Crippen LogP contribution is 2.32. The molecule has 1 aliphatic heterocycles. The minimum Gasteiger partial charge on any atom is -0.457 e. The van der Waals surface area contributed by atoms with Crippen LogP contribution in [0.1, 0.15) is 12.5 Å². The first-order chi connectivity index (χ1) is 15.2. The molecule has 0 saturated carbocycles. The average molecular weight is 411 g/mol. The first kappa shape index (κ1) is 19.0. The van der Waals surface area contributed by atoms with Gasteiger partial charge in [0, 0.05) is 24.8 Å². The van der Waals surface area contributed by atoms with E-state index in [4.69, 9.17) is 9.84 Å². The number of nitrogens with zero attached hydrogens (tertiary/aromatic N) is 5. The van der Waals surface area contributed by atoms with Crippen LogP contribution in [0.4, 0.5) is 0 Å². The Morgan fingerprint density at radius 1 is 1.10 bits per heavy atom. The van der Waals surface area contributed by atoms with E-state index in [-0.39, 0.29) is 11.9 Å². The van der Waals surface area contributed by atoms with Gasteiger partial charge in [-0.2, -0.15) is 5.10 Å². The van der Waals surface area contributed by atoms with Crippen molar-refractivity contribution >= 4 is 16.9 Å². The Balaban J connectivity index is 1.45. The number of benzene rings is 2. The normalized spacial score (nSPS) is 15.9. The lowest BCUT2D eigenvalue weighted by Crippen LogP contribution is -2.27. The number of likely N-dealkylation sites (tertiary alicyclic amines) is 1. The van der Waals surface area contributed by atoms with Crippen molar-refractivity contribution in [3.05, 3.63) is 79.8 Å². The zero-order chi connectivity index (χ0) is 21.2. The van der Waals surface area contributed by atoms with Crippen LogP contribution in [0.15, 0.2) is 79.8 Å². The highest BCUT2D eigenvalue weighted by molar-refractivity contribution is 5.91. The maximum atomic E-state index is 12.0. The van der Waals surface area contributed by atoms with Gasteiger partial charge in [0.05, 0.1) is 11.4 Å². The predicted octanol–water partition coefficient (Wildman–Crippen LogP) is 4.25. The van der Waals surface area contributed by atoms with Gasteiger partial charge in [-0.05, 0) is 48.9 Å². The third kappa shape index (κ3) is 3.66. The molecule has 0 spiro atoms. The molecule has 1 amide bonds. The van der Waals surface area contributed by atoms with Gasteiger partial charge >= 0.3 is 0 Å². The smallest absolute Gasteiger partial charge is 0.246 e. The molecule has 2 aromatic carbocycles. The van der Waals surface area contributed by atoms with Crippen molar-refractivity contribution in [2.75, 3.05) is 13.1 Å². The van der Waals surface area contributed by atoms with Gasteiger partial charge in [-0.25, -0.2) is 14.6 Å². The standard InChI is InChI=1S/C24H21N5O2/c1-2-22(30)28-13-12-18(15-28)29-24-21(14-25-16-26-24)23(27-29)17-8-10-20(11-9-17)31-19-6-4-3-5-7-19/h2-11,14,16,18H,1,12-13,15H2/t18-/m0/s1. The number of amides is 1. The molecule has 1 fully saturated rings. The summed E-state index contributed by atoms with van der Waals surface area (Å²) in [5, 5.41) is 5.77. The van der Waals surface area contributed by atoms with Gasteiger partial charge in [0.15, 0.2) is 5.65 Å². The van der Waals surface area contributed by atoms with Crippen molar-refractivity contribution in [1.82, 2.24) is 24.6 Å². The molecule has 7 nitrogen and oxygen atoms in total. The molecule has 1 atom stereocenters. The Bertz CT molecular complexity index is 1230. The van der Waals surface area contributed by atoms with Gasteiger partial charge in [-0.15, -0.1) is 0 Å². The monoisotopic (exact) mass is 411 g/mol. The van der Waals surface area contributed by atoms with Gasteiger partial charge in [0.2, 0.25) is 5.91 Å². The molecule has 1 saturated heterocycles. The lowest BCUT2D eigenvalue weighted by Gasteiger charge is -2.14. The summed E-state index contributed by atoms with van der Waals surface area (Å²) in [6, 6.07) is 17.6. The number of hydrogen-bond donors (Lipinski definition) is 0.